The number of nitrogens with two attached hydrogens (primary N) is 1. The standard InChI is InChI=1S/C12H15NO5/c13-12(17)7-3-1-2-6(4-7)11-10(16)9(15)8(5-14)18-11/h1-4,8-11,14-16H,5H2,(H2,13,17)/t8-,9-,10-,11+/m1/s1. The second-order valence-corrected chi connectivity index (χ2v) is 4.25. The van der Waals surface area contributed by atoms with E-state index in [2.05, 4.69) is 0 Å². The molecule has 0 saturated carbocycles. The summed E-state index contributed by atoms with van der Waals surface area (Å²) in [6.07, 6.45) is -3.92. The van der Waals surface area contributed by atoms with Crippen LogP contribution in [-0.4, -0.2) is 46.1 Å². The van der Waals surface area contributed by atoms with E-state index in [1.54, 1.807) is 18.2 Å². The normalized spacial score (nSPS) is 31.5. The number of amides is 1. The van der Waals surface area contributed by atoms with Crippen LogP contribution in [-0.2, 0) is 4.74 Å². The number of carbonyl (C=O) groups excluding carboxylic acids is 1. The van der Waals surface area contributed by atoms with Crippen molar-refractivity contribution in [3.05, 3.63) is 35.4 Å². The first-order valence-electron chi connectivity index (χ1n) is 5.57. The van der Waals surface area contributed by atoms with Crippen molar-refractivity contribution in [3.63, 3.8) is 0 Å². The number of carbonyl (C=O) groups is 1. The number of ether oxygens (including phenoxy) is 1. The van der Waals surface area contributed by atoms with Gasteiger partial charge in [0.15, 0.2) is 0 Å². The van der Waals surface area contributed by atoms with Crippen molar-refractivity contribution in [2.75, 3.05) is 6.61 Å². The summed E-state index contributed by atoms with van der Waals surface area (Å²) in [5, 5.41) is 28.5. The van der Waals surface area contributed by atoms with Crippen molar-refractivity contribution in [1.82, 2.24) is 0 Å². The minimum absolute atomic E-state index is 0.297. The van der Waals surface area contributed by atoms with Gasteiger partial charge in [0.25, 0.3) is 0 Å². The van der Waals surface area contributed by atoms with Gasteiger partial charge in [-0.1, -0.05) is 12.1 Å². The van der Waals surface area contributed by atoms with E-state index >= 15 is 0 Å². The Morgan fingerprint density at radius 2 is 2.06 bits per heavy atom. The molecule has 1 amide bonds. The maximum Gasteiger partial charge on any atom is 0.248 e. The zero-order valence-corrected chi connectivity index (χ0v) is 9.56. The van der Waals surface area contributed by atoms with Gasteiger partial charge in [-0.05, 0) is 17.7 Å². The SMILES string of the molecule is NC(=O)c1cccc([C@@H]2O[C@H](CO)[C@@H](O)[C@H]2O)c1. The maximum atomic E-state index is 11.1. The Hall–Kier alpha value is -1.47. The van der Waals surface area contributed by atoms with Gasteiger partial charge in [-0.25, -0.2) is 0 Å². The lowest BCUT2D eigenvalue weighted by Crippen LogP contribution is -2.32. The first kappa shape index (κ1) is 13.0. The Bertz CT molecular complexity index is 450. The molecule has 1 aliphatic rings. The molecule has 0 bridgehead atoms. The molecule has 2 rings (SSSR count). The number of aliphatic hydroxyl groups excluding tert-OH is 3. The summed E-state index contributed by atoms with van der Waals surface area (Å²) in [6.45, 7) is -0.385. The van der Waals surface area contributed by atoms with Crippen LogP contribution in [0.15, 0.2) is 24.3 Å². The molecule has 1 saturated heterocycles. The Kier molecular flexibility index (Phi) is 3.63. The lowest BCUT2D eigenvalue weighted by atomic mass is 10.00. The first-order valence-corrected chi connectivity index (χ1v) is 5.57. The molecule has 0 aromatic heterocycles. The minimum Gasteiger partial charge on any atom is -0.394 e. The van der Waals surface area contributed by atoms with Gasteiger partial charge in [-0.3, -0.25) is 4.79 Å². The summed E-state index contributed by atoms with van der Waals surface area (Å²) >= 11 is 0. The Morgan fingerprint density at radius 3 is 2.61 bits per heavy atom. The summed E-state index contributed by atoms with van der Waals surface area (Å²) in [6, 6.07) is 6.33. The van der Waals surface area contributed by atoms with Crippen molar-refractivity contribution < 1.29 is 24.9 Å². The van der Waals surface area contributed by atoms with Gasteiger partial charge in [0, 0.05) is 5.56 Å². The third kappa shape index (κ3) is 2.23. The van der Waals surface area contributed by atoms with Crippen molar-refractivity contribution in [2.45, 2.75) is 24.4 Å². The lowest BCUT2D eigenvalue weighted by Gasteiger charge is -2.15. The van der Waals surface area contributed by atoms with Crippen molar-refractivity contribution >= 4 is 5.91 Å². The number of benzene rings is 1. The molecule has 0 spiro atoms. The highest BCUT2D eigenvalue weighted by molar-refractivity contribution is 5.92. The highest BCUT2D eigenvalue weighted by Gasteiger charge is 2.42. The molecule has 1 heterocycles. The average Bonchev–Trinajstić information content (AvgIpc) is 2.66. The smallest absolute Gasteiger partial charge is 0.248 e. The average molecular weight is 253 g/mol. The van der Waals surface area contributed by atoms with E-state index in [0.29, 0.717) is 11.1 Å². The fourth-order valence-corrected chi connectivity index (χ4v) is 2.04. The van der Waals surface area contributed by atoms with E-state index in [4.69, 9.17) is 15.6 Å². The minimum atomic E-state index is -1.16. The summed E-state index contributed by atoms with van der Waals surface area (Å²) in [7, 11) is 0. The summed E-state index contributed by atoms with van der Waals surface area (Å²) in [5.74, 6) is -0.580. The molecule has 4 atom stereocenters. The lowest BCUT2D eigenvalue weighted by molar-refractivity contribution is -0.0227. The van der Waals surface area contributed by atoms with Crippen LogP contribution in [0.25, 0.3) is 0 Å². The van der Waals surface area contributed by atoms with Crippen LogP contribution in [0.4, 0.5) is 0 Å². The van der Waals surface area contributed by atoms with Crippen LogP contribution in [0.5, 0.6) is 0 Å². The van der Waals surface area contributed by atoms with Gasteiger partial charge in [0.05, 0.1) is 6.61 Å². The predicted molar refractivity (Wildman–Crippen MR) is 61.7 cm³/mol. The van der Waals surface area contributed by atoms with Crippen LogP contribution in [0.2, 0.25) is 0 Å². The fourth-order valence-electron chi connectivity index (χ4n) is 2.04. The van der Waals surface area contributed by atoms with Gasteiger partial charge in [-0.2, -0.15) is 0 Å². The van der Waals surface area contributed by atoms with Gasteiger partial charge in [0.2, 0.25) is 5.91 Å². The Labute approximate surface area is 104 Å². The summed E-state index contributed by atoms with van der Waals surface area (Å²) in [5.41, 5.74) is 6.00. The number of hydrogen-bond acceptors (Lipinski definition) is 5. The van der Waals surface area contributed by atoms with E-state index in [1.807, 2.05) is 0 Å². The van der Waals surface area contributed by atoms with Crippen LogP contribution >= 0.6 is 0 Å². The van der Waals surface area contributed by atoms with Crippen molar-refractivity contribution in [1.29, 1.82) is 0 Å². The molecule has 0 radical (unpaired) electrons. The summed E-state index contributed by atoms with van der Waals surface area (Å²) < 4.78 is 5.35. The van der Waals surface area contributed by atoms with Crippen molar-refractivity contribution in [3.8, 4) is 0 Å². The molecule has 0 unspecified atom stereocenters. The molecule has 1 aromatic rings. The fraction of sp³-hybridized carbons (Fsp3) is 0.417. The van der Waals surface area contributed by atoms with E-state index in [1.165, 1.54) is 6.07 Å². The maximum absolute atomic E-state index is 11.1. The van der Waals surface area contributed by atoms with Gasteiger partial charge in [0.1, 0.15) is 24.4 Å². The third-order valence-corrected chi connectivity index (χ3v) is 3.04. The van der Waals surface area contributed by atoms with Crippen LogP contribution in [0.1, 0.15) is 22.0 Å². The number of aliphatic hydroxyl groups is 3. The van der Waals surface area contributed by atoms with Crippen molar-refractivity contribution in [2.24, 2.45) is 5.73 Å². The van der Waals surface area contributed by atoms with E-state index in [0.717, 1.165) is 0 Å². The first-order chi connectivity index (χ1) is 8.54. The molecule has 1 aromatic carbocycles. The molecule has 1 aliphatic heterocycles. The van der Waals surface area contributed by atoms with Gasteiger partial charge < -0.3 is 25.8 Å². The van der Waals surface area contributed by atoms with Crippen LogP contribution < -0.4 is 5.73 Å². The Morgan fingerprint density at radius 1 is 1.33 bits per heavy atom. The van der Waals surface area contributed by atoms with Gasteiger partial charge in [-0.15, -0.1) is 0 Å². The molecule has 6 nitrogen and oxygen atoms in total. The number of rotatable bonds is 3. The molecular weight excluding hydrogens is 238 g/mol. The quantitative estimate of drug-likeness (QED) is 0.548. The zero-order chi connectivity index (χ0) is 13.3. The third-order valence-electron chi connectivity index (χ3n) is 3.04. The number of hydrogen-bond donors (Lipinski definition) is 4. The Balaban J connectivity index is 2.27. The predicted octanol–water partition coefficient (Wildman–Crippen LogP) is -1.06. The molecule has 98 valence electrons. The van der Waals surface area contributed by atoms with E-state index < -0.39 is 30.3 Å². The topological polar surface area (TPSA) is 113 Å². The molecule has 5 N–H and O–H groups in total. The second-order valence-electron chi connectivity index (χ2n) is 4.25. The van der Waals surface area contributed by atoms with Gasteiger partial charge >= 0.3 is 0 Å². The second kappa shape index (κ2) is 5.03. The molecular formula is C12H15NO5. The monoisotopic (exact) mass is 253 g/mol. The number of primary amides is 1. The van der Waals surface area contributed by atoms with E-state index in [9.17, 15) is 15.0 Å². The zero-order valence-electron chi connectivity index (χ0n) is 9.56. The molecule has 18 heavy (non-hydrogen) atoms. The largest absolute Gasteiger partial charge is 0.394 e. The molecule has 6 heteroatoms. The van der Waals surface area contributed by atoms with E-state index in [-0.39, 0.29) is 6.61 Å². The summed E-state index contributed by atoms with van der Waals surface area (Å²) in [4.78, 5) is 11.1. The van der Waals surface area contributed by atoms with Crippen LogP contribution in [0.3, 0.4) is 0 Å². The molecule has 1 fully saturated rings. The highest BCUT2D eigenvalue weighted by atomic mass is 16.6. The van der Waals surface area contributed by atoms with Crippen LogP contribution in [0, 0.1) is 0 Å². The highest BCUT2D eigenvalue weighted by Crippen LogP contribution is 2.33. The molecule has 0 aliphatic carbocycles.